The van der Waals surface area contributed by atoms with Gasteiger partial charge < -0.3 is 15.3 Å². The molecule has 0 bridgehead atoms. The van der Waals surface area contributed by atoms with Crippen LogP contribution in [0.3, 0.4) is 0 Å². The summed E-state index contributed by atoms with van der Waals surface area (Å²) in [5.41, 5.74) is 1.25. The van der Waals surface area contributed by atoms with E-state index in [2.05, 4.69) is 36.2 Å². The second-order valence-electron chi connectivity index (χ2n) is 5.96. The zero-order valence-corrected chi connectivity index (χ0v) is 13.1. The Balaban J connectivity index is 1.76. The average molecular weight is 297 g/mol. The first-order valence-corrected chi connectivity index (χ1v) is 7.86. The van der Waals surface area contributed by atoms with Crippen LogP contribution < -0.4 is 10.2 Å². The number of nitrogens with one attached hydrogen (secondary N) is 1. The van der Waals surface area contributed by atoms with Crippen LogP contribution in [0.5, 0.6) is 0 Å². The number of halogens is 1. The Morgan fingerprint density at radius 2 is 1.85 bits per heavy atom. The number of rotatable bonds is 5. The minimum atomic E-state index is -0.246. The van der Waals surface area contributed by atoms with Crippen LogP contribution in [0.2, 0.25) is 5.02 Å². The predicted octanol–water partition coefficient (Wildman–Crippen LogP) is 2.92. The van der Waals surface area contributed by atoms with Crippen LogP contribution in [-0.2, 0) is 0 Å². The summed E-state index contributed by atoms with van der Waals surface area (Å²) < 4.78 is 0. The molecular formula is C16H25ClN2O. The molecule has 20 heavy (non-hydrogen) atoms. The van der Waals surface area contributed by atoms with Crippen LogP contribution >= 0.6 is 11.6 Å². The normalized spacial score (nSPS) is 18.6. The van der Waals surface area contributed by atoms with Gasteiger partial charge in [0.15, 0.2) is 0 Å². The van der Waals surface area contributed by atoms with E-state index >= 15 is 0 Å². The maximum Gasteiger partial charge on any atom is 0.0687 e. The number of aliphatic hydroxyl groups is 1. The van der Waals surface area contributed by atoms with Gasteiger partial charge >= 0.3 is 0 Å². The highest BCUT2D eigenvalue weighted by atomic mass is 35.5. The van der Waals surface area contributed by atoms with E-state index in [-0.39, 0.29) is 6.10 Å². The van der Waals surface area contributed by atoms with Gasteiger partial charge in [-0.15, -0.1) is 0 Å². The first kappa shape index (κ1) is 15.6. The van der Waals surface area contributed by atoms with Crippen molar-refractivity contribution in [3.63, 3.8) is 0 Å². The van der Waals surface area contributed by atoms with E-state index in [0.717, 1.165) is 31.0 Å². The molecule has 1 aliphatic rings. The maximum atomic E-state index is 9.83. The SMILES string of the molecule is CC(C)C(O)CNC1CCN(c2ccc(Cl)cc2)CC1. The minimum absolute atomic E-state index is 0.246. The molecule has 2 rings (SSSR count). The van der Waals surface area contributed by atoms with E-state index in [1.165, 1.54) is 5.69 Å². The summed E-state index contributed by atoms with van der Waals surface area (Å²) >= 11 is 5.92. The molecule has 4 heteroatoms. The van der Waals surface area contributed by atoms with Crippen molar-refractivity contribution in [3.8, 4) is 0 Å². The molecule has 1 heterocycles. The van der Waals surface area contributed by atoms with Crippen molar-refractivity contribution in [1.82, 2.24) is 5.32 Å². The van der Waals surface area contributed by atoms with Crippen molar-refractivity contribution in [2.45, 2.75) is 38.8 Å². The first-order chi connectivity index (χ1) is 9.56. The van der Waals surface area contributed by atoms with Gasteiger partial charge in [-0.3, -0.25) is 0 Å². The Labute approximate surface area is 126 Å². The number of anilines is 1. The maximum absolute atomic E-state index is 9.83. The van der Waals surface area contributed by atoms with Crippen LogP contribution in [0.15, 0.2) is 24.3 Å². The molecule has 0 amide bonds. The van der Waals surface area contributed by atoms with Crippen molar-refractivity contribution < 1.29 is 5.11 Å². The summed E-state index contributed by atoms with van der Waals surface area (Å²) in [5.74, 6) is 0.316. The fourth-order valence-electron chi connectivity index (χ4n) is 2.52. The lowest BCUT2D eigenvalue weighted by molar-refractivity contribution is 0.118. The molecule has 112 valence electrons. The zero-order valence-electron chi connectivity index (χ0n) is 12.3. The third-order valence-electron chi connectivity index (χ3n) is 4.07. The van der Waals surface area contributed by atoms with Gasteiger partial charge in [-0.1, -0.05) is 25.4 Å². The van der Waals surface area contributed by atoms with Gasteiger partial charge in [-0.2, -0.15) is 0 Å². The summed E-state index contributed by atoms with van der Waals surface area (Å²) in [5, 5.41) is 14.1. The Bertz CT molecular complexity index is 399. The van der Waals surface area contributed by atoms with E-state index in [1.54, 1.807) is 0 Å². The van der Waals surface area contributed by atoms with E-state index in [0.29, 0.717) is 18.5 Å². The Hall–Kier alpha value is -0.770. The number of aliphatic hydroxyl groups excluding tert-OH is 1. The standard InChI is InChI=1S/C16H25ClN2O/c1-12(2)16(20)11-18-14-7-9-19(10-8-14)15-5-3-13(17)4-6-15/h3-6,12,14,16,18,20H,7-11H2,1-2H3. The van der Waals surface area contributed by atoms with Crippen LogP contribution in [0, 0.1) is 5.92 Å². The molecule has 0 aromatic heterocycles. The lowest BCUT2D eigenvalue weighted by Gasteiger charge is -2.34. The molecule has 2 N–H and O–H groups in total. The van der Waals surface area contributed by atoms with Crippen LogP contribution in [0.1, 0.15) is 26.7 Å². The number of hydrogen-bond acceptors (Lipinski definition) is 3. The van der Waals surface area contributed by atoms with Gasteiger partial charge in [-0.25, -0.2) is 0 Å². The summed E-state index contributed by atoms with van der Waals surface area (Å²) in [7, 11) is 0. The Morgan fingerprint density at radius 3 is 2.40 bits per heavy atom. The molecule has 0 radical (unpaired) electrons. The largest absolute Gasteiger partial charge is 0.392 e. The van der Waals surface area contributed by atoms with Crippen molar-refractivity contribution >= 4 is 17.3 Å². The zero-order chi connectivity index (χ0) is 14.5. The smallest absolute Gasteiger partial charge is 0.0687 e. The number of benzene rings is 1. The van der Waals surface area contributed by atoms with Gasteiger partial charge in [0.1, 0.15) is 0 Å². The molecule has 3 nitrogen and oxygen atoms in total. The Morgan fingerprint density at radius 1 is 1.25 bits per heavy atom. The van der Waals surface area contributed by atoms with Gasteiger partial charge in [0.25, 0.3) is 0 Å². The molecule has 0 spiro atoms. The highest BCUT2D eigenvalue weighted by Gasteiger charge is 2.20. The van der Waals surface area contributed by atoms with Crippen molar-refractivity contribution in [1.29, 1.82) is 0 Å². The summed E-state index contributed by atoms with van der Waals surface area (Å²) in [6.45, 7) is 6.91. The second kappa shape index (κ2) is 7.30. The Kier molecular flexibility index (Phi) is 5.70. The fraction of sp³-hybridized carbons (Fsp3) is 0.625. The van der Waals surface area contributed by atoms with Crippen molar-refractivity contribution in [2.24, 2.45) is 5.92 Å². The number of nitrogens with zero attached hydrogens (tertiary/aromatic N) is 1. The monoisotopic (exact) mass is 296 g/mol. The minimum Gasteiger partial charge on any atom is -0.392 e. The molecule has 1 atom stereocenters. The van der Waals surface area contributed by atoms with Gasteiger partial charge in [0, 0.05) is 36.4 Å². The summed E-state index contributed by atoms with van der Waals surface area (Å²) in [6, 6.07) is 8.57. The quantitative estimate of drug-likeness (QED) is 0.877. The number of hydrogen-bond donors (Lipinski definition) is 2. The molecule has 1 aliphatic heterocycles. The topological polar surface area (TPSA) is 35.5 Å². The highest BCUT2D eigenvalue weighted by molar-refractivity contribution is 6.30. The van der Waals surface area contributed by atoms with Crippen LogP contribution in [-0.4, -0.2) is 36.9 Å². The third kappa shape index (κ3) is 4.37. The third-order valence-corrected chi connectivity index (χ3v) is 4.32. The first-order valence-electron chi connectivity index (χ1n) is 7.48. The predicted molar refractivity (Wildman–Crippen MR) is 85.5 cm³/mol. The van der Waals surface area contributed by atoms with Gasteiger partial charge in [0.2, 0.25) is 0 Å². The number of piperidine rings is 1. The molecule has 0 saturated carbocycles. The van der Waals surface area contributed by atoms with Crippen molar-refractivity contribution in [2.75, 3.05) is 24.5 Å². The van der Waals surface area contributed by atoms with E-state index in [4.69, 9.17) is 11.6 Å². The molecule has 1 fully saturated rings. The summed E-state index contributed by atoms with van der Waals surface area (Å²) in [4.78, 5) is 2.40. The highest BCUT2D eigenvalue weighted by Crippen LogP contribution is 2.22. The molecular weight excluding hydrogens is 272 g/mol. The fourth-order valence-corrected chi connectivity index (χ4v) is 2.64. The average Bonchev–Trinajstić information content (AvgIpc) is 2.46. The molecule has 0 aliphatic carbocycles. The second-order valence-corrected chi connectivity index (χ2v) is 6.39. The van der Waals surface area contributed by atoms with E-state index in [1.807, 2.05) is 12.1 Å². The van der Waals surface area contributed by atoms with E-state index < -0.39 is 0 Å². The molecule has 1 unspecified atom stereocenters. The van der Waals surface area contributed by atoms with Gasteiger partial charge in [-0.05, 0) is 43.0 Å². The van der Waals surface area contributed by atoms with Crippen LogP contribution in [0.4, 0.5) is 5.69 Å². The molecule has 1 aromatic rings. The van der Waals surface area contributed by atoms with Crippen molar-refractivity contribution in [3.05, 3.63) is 29.3 Å². The summed E-state index contributed by atoms with van der Waals surface area (Å²) in [6.07, 6.45) is 1.99. The van der Waals surface area contributed by atoms with Crippen LogP contribution in [0.25, 0.3) is 0 Å². The molecule has 1 aromatic carbocycles. The molecule has 1 saturated heterocycles. The lowest BCUT2D eigenvalue weighted by atomic mass is 10.0. The van der Waals surface area contributed by atoms with E-state index in [9.17, 15) is 5.11 Å². The lowest BCUT2D eigenvalue weighted by Crippen LogP contribution is -2.45. The van der Waals surface area contributed by atoms with Gasteiger partial charge in [0.05, 0.1) is 6.10 Å².